The van der Waals surface area contributed by atoms with Crippen LogP contribution in [0.15, 0.2) is 42.5 Å². The summed E-state index contributed by atoms with van der Waals surface area (Å²) in [6.45, 7) is 4.88. The zero-order valence-corrected chi connectivity index (χ0v) is 14.3. The highest BCUT2D eigenvalue weighted by molar-refractivity contribution is 5.91. The second-order valence-corrected chi connectivity index (χ2v) is 5.34. The Labute approximate surface area is 143 Å². The van der Waals surface area contributed by atoms with Crippen molar-refractivity contribution >= 4 is 24.0 Å². The van der Waals surface area contributed by atoms with E-state index in [0.29, 0.717) is 19.6 Å². The molecule has 4 nitrogen and oxygen atoms in total. The van der Waals surface area contributed by atoms with Crippen LogP contribution in [0.1, 0.15) is 23.1 Å². The van der Waals surface area contributed by atoms with Gasteiger partial charge in [0.15, 0.2) is 0 Å². The smallest absolute Gasteiger partial charge is 0.225 e. The summed E-state index contributed by atoms with van der Waals surface area (Å²) in [6, 6.07) is 13.9. The van der Waals surface area contributed by atoms with Crippen LogP contribution in [-0.2, 0) is 11.4 Å². The second-order valence-electron chi connectivity index (χ2n) is 5.34. The first-order valence-electron chi connectivity index (χ1n) is 7.37. The van der Waals surface area contributed by atoms with Gasteiger partial charge < -0.3 is 15.8 Å². The Hall–Kier alpha value is -2.04. The highest BCUT2D eigenvalue weighted by Crippen LogP contribution is 2.22. The lowest BCUT2D eigenvalue weighted by molar-refractivity contribution is -0.116. The fourth-order valence-electron chi connectivity index (χ4n) is 2.18. The number of anilines is 1. The van der Waals surface area contributed by atoms with Gasteiger partial charge in [-0.2, -0.15) is 0 Å². The standard InChI is InChI=1S/C18H22N2O2.ClH/c1-13-4-3-5-15(10-13)12-22-16-6-7-17(14(2)11-16)20-18(21)8-9-19;/h3-7,10-11H,8-9,12,19H2,1-2H3,(H,20,21);1H. The number of ether oxygens (including phenoxy) is 1. The van der Waals surface area contributed by atoms with E-state index in [1.165, 1.54) is 5.56 Å². The molecule has 124 valence electrons. The van der Waals surface area contributed by atoms with Crippen LogP contribution in [0, 0.1) is 13.8 Å². The number of halogens is 1. The molecule has 23 heavy (non-hydrogen) atoms. The van der Waals surface area contributed by atoms with Crippen LogP contribution in [0.25, 0.3) is 0 Å². The fourth-order valence-corrected chi connectivity index (χ4v) is 2.18. The molecule has 5 heteroatoms. The molecule has 0 spiro atoms. The third-order valence-corrected chi connectivity index (χ3v) is 3.33. The molecule has 0 bridgehead atoms. The van der Waals surface area contributed by atoms with Gasteiger partial charge in [0.2, 0.25) is 5.91 Å². The topological polar surface area (TPSA) is 64.3 Å². The summed E-state index contributed by atoms with van der Waals surface area (Å²) in [5.41, 5.74) is 9.48. The lowest BCUT2D eigenvalue weighted by Gasteiger charge is -2.11. The van der Waals surface area contributed by atoms with Crippen molar-refractivity contribution in [2.24, 2.45) is 5.73 Å². The number of nitrogens with one attached hydrogen (secondary N) is 1. The van der Waals surface area contributed by atoms with Gasteiger partial charge >= 0.3 is 0 Å². The van der Waals surface area contributed by atoms with Gasteiger partial charge in [-0.15, -0.1) is 12.4 Å². The van der Waals surface area contributed by atoms with Crippen LogP contribution >= 0.6 is 12.4 Å². The summed E-state index contributed by atoms with van der Waals surface area (Å²) in [5, 5.41) is 2.85. The zero-order chi connectivity index (χ0) is 15.9. The SMILES string of the molecule is Cc1cccc(COc2ccc(NC(=O)CCN)c(C)c2)c1.Cl. The maximum absolute atomic E-state index is 11.6. The molecule has 1 amide bonds. The molecular formula is C18H23ClN2O2. The van der Waals surface area contributed by atoms with Crippen LogP contribution in [0.2, 0.25) is 0 Å². The van der Waals surface area contributed by atoms with Gasteiger partial charge in [-0.05, 0) is 43.2 Å². The van der Waals surface area contributed by atoms with E-state index in [9.17, 15) is 4.79 Å². The van der Waals surface area contributed by atoms with Crippen molar-refractivity contribution in [3.63, 3.8) is 0 Å². The van der Waals surface area contributed by atoms with Crippen molar-refractivity contribution in [2.45, 2.75) is 26.9 Å². The molecule has 0 saturated heterocycles. The van der Waals surface area contributed by atoms with Crippen LogP contribution in [0.4, 0.5) is 5.69 Å². The lowest BCUT2D eigenvalue weighted by Crippen LogP contribution is -2.16. The molecule has 2 aromatic rings. The molecular weight excluding hydrogens is 312 g/mol. The van der Waals surface area contributed by atoms with Crippen LogP contribution < -0.4 is 15.8 Å². The predicted octanol–water partition coefficient (Wildman–Crippen LogP) is 3.59. The molecule has 0 aliphatic rings. The average molecular weight is 335 g/mol. The van der Waals surface area contributed by atoms with E-state index in [0.717, 1.165) is 22.6 Å². The van der Waals surface area contributed by atoms with Gasteiger partial charge in [0, 0.05) is 18.7 Å². The number of hydrogen-bond donors (Lipinski definition) is 2. The van der Waals surface area contributed by atoms with Crippen molar-refractivity contribution in [1.82, 2.24) is 0 Å². The zero-order valence-electron chi connectivity index (χ0n) is 13.5. The molecule has 0 aromatic heterocycles. The Balaban J connectivity index is 0.00000264. The van der Waals surface area contributed by atoms with Gasteiger partial charge in [0.25, 0.3) is 0 Å². The Bertz CT molecular complexity index is 659. The van der Waals surface area contributed by atoms with E-state index in [4.69, 9.17) is 10.5 Å². The maximum Gasteiger partial charge on any atom is 0.225 e. The van der Waals surface area contributed by atoms with E-state index >= 15 is 0 Å². The summed E-state index contributed by atoms with van der Waals surface area (Å²) in [6.07, 6.45) is 0.324. The van der Waals surface area contributed by atoms with Gasteiger partial charge in [0.05, 0.1) is 0 Å². The summed E-state index contributed by atoms with van der Waals surface area (Å²) in [4.78, 5) is 11.6. The summed E-state index contributed by atoms with van der Waals surface area (Å²) >= 11 is 0. The summed E-state index contributed by atoms with van der Waals surface area (Å²) in [5.74, 6) is 0.717. The summed E-state index contributed by atoms with van der Waals surface area (Å²) in [7, 11) is 0. The second kappa shape index (κ2) is 9.18. The lowest BCUT2D eigenvalue weighted by atomic mass is 10.1. The number of rotatable bonds is 6. The molecule has 0 aliphatic carbocycles. The van der Waals surface area contributed by atoms with E-state index in [2.05, 4.69) is 24.4 Å². The maximum atomic E-state index is 11.6. The third kappa shape index (κ3) is 5.93. The number of benzene rings is 2. The minimum Gasteiger partial charge on any atom is -0.489 e. The summed E-state index contributed by atoms with van der Waals surface area (Å²) < 4.78 is 5.80. The molecule has 0 atom stereocenters. The highest BCUT2D eigenvalue weighted by Gasteiger charge is 2.05. The monoisotopic (exact) mass is 334 g/mol. The molecule has 2 aromatic carbocycles. The quantitative estimate of drug-likeness (QED) is 0.848. The van der Waals surface area contributed by atoms with Crippen molar-refractivity contribution < 1.29 is 9.53 Å². The largest absolute Gasteiger partial charge is 0.489 e. The molecule has 0 radical (unpaired) electrons. The number of nitrogens with two attached hydrogens (primary N) is 1. The van der Waals surface area contributed by atoms with Crippen molar-refractivity contribution in [2.75, 3.05) is 11.9 Å². The molecule has 0 heterocycles. The molecule has 0 unspecified atom stereocenters. The average Bonchev–Trinajstić information content (AvgIpc) is 2.48. The number of hydrogen-bond acceptors (Lipinski definition) is 3. The van der Waals surface area contributed by atoms with E-state index < -0.39 is 0 Å². The Morgan fingerprint density at radius 2 is 1.96 bits per heavy atom. The third-order valence-electron chi connectivity index (χ3n) is 3.33. The number of amides is 1. The van der Waals surface area contributed by atoms with Crippen LogP contribution in [0.3, 0.4) is 0 Å². The van der Waals surface area contributed by atoms with Crippen molar-refractivity contribution in [3.8, 4) is 5.75 Å². The first-order valence-corrected chi connectivity index (χ1v) is 7.37. The highest BCUT2D eigenvalue weighted by atomic mass is 35.5. The van der Waals surface area contributed by atoms with Gasteiger partial charge in [-0.1, -0.05) is 29.8 Å². The Morgan fingerprint density at radius 3 is 2.61 bits per heavy atom. The number of aryl methyl sites for hydroxylation is 2. The minimum atomic E-state index is -0.0703. The van der Waals surface area contributed by atoms with Gasteiger partial charge in [0.1, 0.15) is 12.4 Å². The van der Waals surface area contributed by atoms with Gasteiger partial charge in [-0.3, -0.25) is 4.79 Å². The minimum absolute atomic E-state index is 0. The number of carbonyl (C=O) groups excluding carboxylic acids is 1. The molecule has 2 rings (SSSR count). The van der Waals surface area contributed by atoms with Gasteiger partial charge in [-0.25, -0.2) is 0 Å². The fraction of sp³-hybridized carbons (Fsp3) is 0.278. The number of carbonyl (C=O) groups is 1. The molecule has 0 saturated carbocycles. The van der Waals surface area contributed by atoms with E-state index in [1.54, 1.807) is 0 Å². The first-order chi connectivity index (χ1) is 10.6. The predicted molar refractivity (Wildman–Crippen MR) is 96.2 cm³/mol. The van der Waals surface area contributed by atoms with Crippen LogP contribution in [-0.4, -0.2) is 12.5 Å². The van der Waals surface area contributed by atoms with E-state index in [-0.39, 0.29) is 18.3 Å². The normalized spacial score (nSPS) is 9.87. The Kier molecular flexibility index (Phi) is 7.59. The first kappa shape index (κ1) is 19.0. The van der Waals surface area contributed by atoms with E-state index in [1.807, 2.05) is 37.3 Å². The van der Waals surface area contributed by atoms with Crippen molar-refractivity contribution in [3.05, 3.63) is 59.2 Å². The molecule has 0 aliphatic heterocycles. The molecule has 3 N–H and O–H groups in total. The Morgan fingerprint density at radius 1 is 1.17 bits per heavy atom. The van der Waals surface area contributed by atoms with Crippen LogP contribution in [0.5, 0.6) is 5.75 Å². The van der Waals surface area contributed by atoms with Crippen molar-refractivity contribution in [1.29, 1.82) is 0 Å². The molecule has 0 fully saturated rings.